The van der Waals surface area contributed by atoms with E-state index < -0.39 is 0 Å². The van der Waals surface area contributed by atoms with Crippen LogP contribution in [0.1, 0.15) is 32.6 Å². The van der Waals surface area contributed by atoms with Crippen LogP contribution in [0.15, 0.2) is 28.9 Å². The third-order valence-electron chi connectivity index (χ3n) is 2.77. The summed E-state index contributed by atoms with van der Waals surface area (Å²) in [5, 5.41) is 0. The lowest BCUT2D eigenvalue weighted by molar-refractivity contribution is 0.545. The Morgan fingerprint density at radius 1 is 1.50 bits per heavy atom. The first kappa shape index (κ1) is 7.78. The average molecular weight is 161 g/mol. The topological polar surface area (TPSA) is 12.4 Å². The van der Waals surface area contributed by atoms with Crippen molar-refractivity contribution in [2.75, 3.05) is 0 Å². The molecular formula is C11H15N. The highest BCUT2D eigenvalue weighted by Crippen LogP contribution is 2.27. The summed E-state index contributed by atoms with van der Waals surface area (Å²) in [7, 11) is 0. The van der Waals surface area contributed by atoms with Crippen LogP contribution >= 0.6 is 0 Å². The van der Waals surface area contributed by atoms with Gasteiger partial charge < -0.3 is 0 Å². The summed E-state index contributed by atoms with van der Waals surface area (Å²) in [5.74, 6) is 0.780. The summed E-state index contributed by atoms with van der Waals surface area (Å²) < 4.78 is 0. The van der Waals surface area contributed by atoms with Crippen molar-refractivity contribution in [3.05, 3.63) is 23.9 Å². The number of allylic oxidation sites excluding steroid dienone is 3. The molecule has 1 heteroatoms. The second-order valence-electron chi connectivity index (χ2n) is 3.73. The van der Waals surface area contributed by atoms with E-state index in [1.165, 1.54) is 37.0 Å². The van der Waals surface area contributed by atoms with Gasteiger partial charge in [-0.15, -0.1) is 0 Å². The Balaban J connectivity index is 2.26. The summed E-state index contributed by atoms with van der Waals surface area (Å²) >= 11 is 0. The smallest absolute Gasteiger partial charge is 0.0406 e. The van der Waals surface area contributed by atoms with Gasteiger partial charge in [-0.05, 0) is 44.6 Å². The lowest BCUT2D eigenvalue weighted by Gasteiger charge is -2.22. The standard InChI is InChI=1S/C11H15N/c1-9-8-12-11-6-4-2-3-5-10(9)7-11/h4,6,8,10H,2-3,5,7H2,1H3/b6-4-. The molecule has 1 nitrogen and oxygen atoms in total. The number of fused-ring (bicyclic) bond motifs is 2. The van der Waals surface area contributed by atoms with Crippen molar-refractivity contribution in [2.45, 2.75) is 32.6 Å². The van der Waals surface area contributed by atoms with E-state index in [2.05, 4.69) is 24.1 Å². The minimum absolute atomic E-state index is 0.780. The highest BCUT2D eigenvalue weighted by atomic mass is 14.7. The fourth-order valence-electron chi connectivity index (χ4n) is 1.90. The molecule has 1 aliphatic heterocycles. The Labute approximate surface area is 73.9 Å². The van der Waals surface area contributed by atoms with Gasteiger partial charge in [0.05, 0.1) is 0 Å². The Hall–Kier alpha value is -0.850. The van der Waals surface area contributed by atoms with Gasteiger partial charge in [-0.2, -0.15) is 0 Å². The molecule has 0 aromatic carbocycles. The zero-order chi connectivity index (χ0) is 8.39. The number of aliphatic imine (C=N–C) groups is 1. The van der Waals surface area contributed by atoms with Gasteiger partial charge in [0.2, 0.25) is 0 Å². The van der Waals surface area contributed by atoms with E-state index in [4.69, 9.17) is 0 Å². The molecular weight excluding hydrogens is 146 g/mol. The Kier molecular flexibility index (Phi) is 2.11. The number of rotatable bonds is 0. The quantitative estimate of drug-likeness (QED) is 0.517. The highest BCUT2D eigenvalue weighted by Gasteiger charge is 2.16. The van der Waals surface area contributed by atoms with Crippen LogP contribution in [0.2, 0.25) is 0 Å². The highest BCUT2D eigenvalue weighted by molar-refractivity contribution is 5.96. The van der Waals surface area contributed by atoms with Crippen LogP contribution in [0.25, 0.3) is 0 Å². The third kappa shape index (κ3) is 1.50. The van der Waals surface area contributed by atoms with Crippen LogP contribution in [0.5, 0.6) is 0 Å². The fourth-order valence-corrected chi connectivity index (χ4v) is 1.90. The molecule has 64 valence electrons. The summed E-state index contributed by atoms with van der Waals surface area (Å²) in [6, 6.07) is 0. The summed E-state index contributed by atoms with van der Waals surface area (Å²) in [6.45, 7) is 2.20. The second kappa shape index (κ2) is 3.26. The zero-order valence-corrected chi connectivity index (χ0v) is 7.59. The normalized spacial score (nSPS) is 31.2. The van der Waals surface area contributed by atoms with E-state index in [0.717, 1.165) is 5.92 Å². The average Bonchev–Trinajstić information content (AvgIpc) is 2.03. The Morgan fingerprint density at radius 2 is 2.42 bits per heavy atom. The molecule has 0 radical (unpaired) electrons. The van der Waals surface area contributed by atoms with Crippen LogP contribution in [0, 0.1) is 5.92 Å². The van der Waals surface area contributed by atoms with Crippen molar-refractivity contribution in [3.63, 3.8) is 0 Å². The van der Waals surface area contributed by atoms with Crippen LogP contribution in [0.4, 0.5) is 0 Å². The number of nitrogens with zero attached hydrogens (tertiary/aromatic N) is 1. The zero-order valence-electron chi connectivity index (χ0n) is 7.59. The molecule has 0 amide bonds. The minimum atomic E-state index is 0.780. The molecule has 12 heavy (non-hydrogen) atoms. The molecule has 2 rings (SSSR count). The van der Waals surface area contributed by atoms with Crippen LogP contribution in [-0.2, 0) is 0 Å². The first-order chi connectivity index (χ1) is 5.86. The molecule has 2 aliphatic rings. The predicted molar refractivity (Wildman–Crippen MR) is 52.3 cm³/mol. The summed E-state index contributed by atoms with van der Waals surface area (Å²) in [6.07, 6.45) is 11.5. The lowest BCUT2D eigenvalue weighted by atomic mass is 9.86. The van der Waals surface area contributed by atoms with Crippen molar-refractivity contribution in [2.24, 2.45) is 10.9 Å². The molecule has 0 saturated heterocycles. The van der Waals surface area contributed by atoms with Crippen LogP contribution in [0.3, 0.4) is 0 Å². The first-order valence-corrected chi connectivity index (χ1v) is 4.76. The van der Waals surface area contributed by atoms with Crippen LogP contribution in [-0.4, -0.2) is 5.71 Å². The summed E-state index contributed by atoms with van der Waals surface area (Å²) in [5.41, 5.74) is 2.74. The lowest BCUT2D eigenvalue weighted by Crippen LogP contribution is -2.13. The molecule has 0 aromatic rings. The molecule has 2 bridgehead atoms. The molecule has 0 N–H and O–H groups in total. The SMILES string of the molecule is CC1=CN=C2/C=C\CCCC1C2. The van der Waals surface area contributed by atoms with Crippen molar-refractivity contribution in [3.8, 4) is 0 Å². The maximum atomic E-state index is 4.40. The van der Waals surface area contributed by atoms with Gasteiger partial charge in [0, 0.05) is 11.9 Å². The van der Waals surface area contributed by atoms with E-state index >= 15 is 0 Å². The van der Waals surface area contributed by atoms with Gasteiger partial charge in [-0.1, -0.05) is 11.6 Å². The van der Waals surface area contributed by atoms with Gasteiger partial charge >= 0.3 is 0 Å². The Bertz CT molecular complexity index is 258. The molecule has 1 atom stereocenters. The van der Waals surface area contributed by atoms with Gasteiger partial charge in [0.1, 0.15) is 0 Å². The molecule has 0 fully saturated rings. The maximum Gasteiger partial charge on any atom is 0.0406 e. The van der Waals surface area contributed by atoms with E-state index in [0.29, 0.717) is 0 Å². The first-order valence-electron chi connectivity index (χ1n) is 4.76. The Morgan fingerprint density at radius 3 is 3.33 bits per heavy atom. The molecule has 1 aliphatic carbocycles. The van der Waals surface area contributed by atoms with E-state index in [9.17, 15) is 0 Å². The molecule has 0 spiro atoms. The van der Waals surface area contributed by atoms with E-state index in [1.54, 1.807) is 0 Å². The minimum Gasteiger partial charge on any atom is -0.261 e. The van der Waals surface area contributed by atoms with Crippen molar-refractivity contribution < 1.29 is 0 Å². The summed E-state index contributed by atoms with van der Waals surface area (Å²) in [4.78, 5) is 4.40. The number of hydrogen-bond acceptors (Lipinski definition) is 1. The molecule has 0 saturated carbocycles. The van der Waals surface area contributed by atoms with Crippen molar-refractivity contribution in [1.82, 2.24) is 0 Å². The van der Waals surface area contributed by atoms with Gasteiger partial charge in [0.25, 0.3) is 0 Å². The van der Waals surface area contributed by atoms with Crippen LogP contribution < -0.4 is 0 Å². The van der Waals surface area contributed by atoms with Gasteiger partial charge in [-0.3, -0.25) is 4.99 Å². The fraction of sp³-hybridized carbons (Fsp3) is 0.545. The van der Waals surface area contributed by atoms with E-state index in [-0.39, 0.29) is 0 Å². The van der Waals surface area contributed by atoms with Crippen molar-refractivity contribution in [1.29, 1.82) is 0 Å². The van der Waals surface area contributed by atoms with E-state index in [1.807, 2.05) is 6.20 Å². The second-order valence-corrected chi connectivity index (χ2v) is 3.73. The predicted octanol–water partition coefficient (Wildman–Crippen LogP) is 3.09. The van der Waals surface area contributed by atoms with Gasteiger partial charge in [-0.25, -0.2) is 0 Å². The molecule has 0 aromatic heterocycles. The van der Waals surface area contributed by atoms with Gasteiger partial charge in [0.15, 0.2) is 0 Å². The monoisotopic (exact) mass is 161 g/mol. The molecule has 1 unspecified atom stereocenters. The van der Waals surface area contributed by atoms with Crippen molar-refractivity contribution >= 4 is 5.71 Å². The largest absolute Gasteiger partial charge is 0.261 e. The molecule has 1 heterocycles. The number of hydrogen-bond donors (Lipinski definition) is 0. The third-order valence-corrected chi connectivity index (χ3v) is 2.77. The maximum absolute atomic E-state index is 4.40.